The number of aryl methyl sites for hydroxylation is 1. The van der Waals surface area contributed by atoms with Crippen molar-refractivity contribution in [1.29, 1.82) is 0 Å². The number of nitrogens with two attached hydrogens (primary N) is 1. The van der Waals surface area contributed by atoms with Gasteiger partial charge >= 0.3 is 0 Å². The molecule has 0 aliphatic heterocycles. The van der Waals surface area contributed by atoms with Crippen LogP contribution in [0.4, 0.5) is 5.00 Å². The number of carbonyl (C=O) groups is 2. The Bertz CT molecular complexity index is 872. The second-order valence-corrected chi connectivity index (χ2v) is 7.66. The van der Waals surface area contributed by atoms with Gasteiger partial charge < -0.3 is 15.6 Å². The van der Waals surface area contributed by atoms with E-state index in [-0.39, 0.29) is 18.0 Å². The number of hydrogen-bond donors (Lipinski definition) is 2. The number of carbonyl (C=O) groups excluding carboxylic acids is 2. The van der Waals surface area contributed by atoms with Gasteiger partial charge in [0, 0.05) is 21.6 Å². The maximum absolute atomic E-state index is 12.3. The maximum Gasteiger partial charge on any atom is 0.251 e. The molecule has 0 radical (unpaired) electrons. The molecule has 1 aliphatic rings. The zero-order chi connectivity index (χ0) is 17.3. The van der Waals surface area contributed by atoms with Gasteiger partial charge in [0.15, 0.2) is 0 Å². The Morgan fingerprint density at radius 3 is 2.79 bits per heavy atom. The Morgan fingerprint density at radius 2 is 2.04 bits per heavy atom. The number of nitrogens with one attached hydrogen (secondary N) is 1. The fraction of sp³-hybridized carbons (Fsp3) is 0.312. The SMILES string of the molecule is NC(=O)c1c(NC(=O)Cn2cc(Br)ccc2=O)sc2c1CCCC2. The number of thiophene rings is 1. The second-order valence-electron chi connectivity index (χ2n) is 5.64. The van der Waals surface area contributed by atoms with E-state index in [0.29, 0.717) is 15.0 Å². The molecule has 2 heterocycles. The van der Waals surface area contributed by atoms with Crippen molar-refractivity contribution in [2.45, 2.75) is 32.2 Å². The molecule has 2 amide bonds. The first kappa shape index (κ1) is 16.9. The predicted molar refractivity (Wildman–Crippen MR) is 96.5 cm³/mol. The lowest BCUT2D eigenvalue weighted by Crippen LogP contribution is -2.27. The summed E-state index contributed by atoms with van der Waals surface area (Å²) in [5, 5.41) is 3.24. The van der Waals surface area contributed by atoms with Gasteiger partial charge in [0.25, 0.3) is 11.5 Å². The number of nitrogens with zero attached hydrogens (tertiary/aromatic N) is 1. The summed E-state index contributed by atoms with van der Waals surface area (Å²) in [7, 11) is 0. The van der Waals surface area contributed by atoms with Gasteiger partial charge in [0.1, 0.15) is 11.5 Å². The van der Waals surface area contributed by atoms with Gasteiger partial charge in [0.05, 0.1) is 5.56 Å². The monoisotopic (exact) mass is 409 g/mol. The number of anilines is 1. The van der Waals surface area contributed by atoms with Crippen LogP contribution in [0.25, 0.3) is 0 Å². The smallest absolute Gasteiger partial charge is 0.251 e. The molecule has 0 saturated heterocycles. The van der Waals surface area contributed by atoms with Crippen LogP contribution in [0.5, 0.6) is 0 Å². The Labute approximate surface area is 150 Å². The molecule has 0 spiro atoms. The zero-order valence-electron chi connectivity index (χ0n) is 12.8. The summed E-state index contributed by atoms with van der Waals surface area (Å²) < 4.78 is 2.01. The van der Waals surface area contributed by atoms with Gasteiger partial charge in [-0.05, 0) is 53.2 Å². The highest BCUT2D eigenvalue weighted by molar-refractivity contribution is 9.10. The van der Waals surface area contributed by atoms with E-state index in [0.717, 1.165) is 36.1 Å². The third-order valence-electron chi connectivity index (χ3n) is 3.93. The molecule has 2 aromatic rings. The first-order valence-corrected chi connectivity index (χ1v) is 9.17. The molecule has 0 unspecified atom stereocenters. The molecule has 0 fully saturated rings. The molecule has 0 saturated carbocycles. The predicted octanol–water partition coefficient (Wildman–Crippen LogP) is 2.29. The van der Waals surface area contributed by atoms with Crippen molar-refractivity contribution < 1.29 is 9.59 Å². The summed E-state index contributed by atoms with van der Waals surface area (Å²) in [4.78, 5) is 37.0. The fourth-order valence-electron chi connectivity index (χ4n) is 2.86. The Hall–Kier alpha value is -1.93. The fourth-order valence-corrected chi connectivity index (χ4v) is 4.55. The van der Waals surface area contributed by atoms with E-state index < -0.39 is 5.91 Å². The van der Waals surface area contributed by atoms with Crippen molar-refractivity contribution in [2.24, 2.45) is 5.73 Å². The van der Waals surface area contributed by atoms with Crippen LogP contribution >= 0.6 is 27.3 Å². The molecule has 0 atom stereocenters. The highest BCUT2D eigenvalue weighted by Crippen LogP contribution is 2.37. The minimum atomic E-state index is -0.524. The standard InChI is InChI=1S/C16H16BrN3O3S/c17-9-5-6-13(22)20(7-9)8-12(21)19-16-14(15(18)23)10-3-1-2-4-11(10)24-16/h5-7H,1-4,8H2,(H2,18,23)(H,19,21). The largest absolute Gasteiger partial charge is 0.365 e. The number of amides is 2. The quantitative estimate of drug-likeness (QED) is 0.810. The highest BCUT2D eigenvalue weighted by Gasteiger charge is 2.24. The van der Waals surface area contributed by atoms with Gasteiger partial charge in [-0.3, -0.25) is 14.4 Å². The molecule has 1 aliphatic carbocycles. The molecule has 3 N–H and O–H groups in total. The second kappa shape index (κ2) is 6.90. The normalized spacial score (nSPS) is 13.4. The molecule has 0 bridgehead atoms. The number of rotatable bonds is 4. The number of halogens is 1. The summed E-state index contributed by atoms with van der Waals surface area (Å²) >= 11 is 4.68. The molecule has 24 heavy (non-hydrogen) atoms. The van der Waals surface area contributed by atoms with E-state index >= 15 is 0 Å². The van der Waals surface area contributed by atoms with Crippen LogP contribution in [0, 0.1) is 0 Å². The van der Waals surface area contributed by atoms with Crippen LogP contribution in [0.2, 0.25) is 0 Å². The van der Waals surface area contributed by atoms with Crippen molar-refractivity contribution in [3.8, 4) is 0 Å². The van der Waals surface area contributed by atoms with E-state index in [1.807, 2.05) is 0 Å². The molecule has 126 valence electrons. The van der Waals surface area contributed by atoms with Crippen LogP contribution in [-0.4, -0.2) is 16.4 Å². The maximum atomic E-state index is 12.3. The Morgan fingerprint density at radius 1 is 1.29 bits per heavy atom. The van der Waals surface area contributed by atoms with Crippen LogP contribution in [0.15, 0.2) is 27.6 Å². The third-order valence-corrected chi connectivity index (χ3v) is 5.61. The average Bonchev–Trinajstić information content (AvgIpc) is 2.88. The van der Waals surface area contributed by atoms with E-state index in [4.69, 9.17) is 5.73 Å². The first-order chi connectivity index (χ1) is 11.5. The average molecular weight is 410 g/mol. The van der Waals surface area contributed by atoms with Crippen molar-refractivity contribution in [3.63, 3.8) is 0 Å². The zero-order valence-corrected chi connectivity index (χ0v) is 15.2. The molecule has 6 nitrogen and oxygen atoms in total. The first-order valence-electron chi connectivity index (χ1n) is 7.56. The van der Waals surface area contributed by atoms with Crippen LogP contribution in [-0.2, 0) is 24.2 Å². The van der Waals surface area contributed by atoms with E-state index in [9.17, 15) is 14.4 Å². The topological polar surface area (TPSA) is 94.2 Å². The van der Waals surface area contributed by atoms with Gasteiger partial charge in [-0.1, -0.05) is 0 Å². The van der Waals surface area contributed by atoms with Crippen molar-refractivity contribution >= 4 is 44.1 Å². The lowest BCUT2D eigenvalue weighted by molar-refractivity contribution is -0.116. The minimum absolute atomic E-state index is 0.126. The summed E-state index contributed by atoms with van der Waals surface area (Å²) in [6, 6.07) is 3.01. The molecule has 0 aromatic carbocycles. The van der Waals surface area contributed by atoms with Gasteiger partial charge in [-0.15, -0.1) is 11.3 Å². The lowest BCUT2D eigenvalue weighted by atomic mass is 9.95. The highest BCUT2D eigenvalue weighted by atomic mass is 79.9. The summed E-state index contributed by atoms with van der Waals surface area (Å²) in [5.74, 6) is -0.888. The molecule has 3 rings (SSSR count). The van der Waals surface area contributed by atoms with Gasteiger partial charge in [0.2, 0.25) is 5.91 Å². The minimum Gasteiger partial charge on any atom is -0.365 e. The molecular formula is C16H16BrN3O3S. The summed E-state index contributed by atoms with van der Waals surface area (Å²) in [5.41, 5.74) is 6.63. The van der Waals surface area contributed by atoms with E-state index in [2.05, 4.69) is 21.2 Å². The summed E-state index contributed by atoms with van der Waals surface area (Å²) in [6.07, 6.45) is 5.36. The van der Waals surface area contributed by atoms with Crippen molar-refractivity contribution in [3.05, 3.63) is 49.2 Å². The van der Waals surface area contributed by atoms with Crippen molar-refractivity contribution in [1.82, 2.24) is 4.57 Å². The number of hydrogen-bond acceptors (Lipinski definition) is 4. The molecule has 8 heteroatoms. The Kier molecular flexibility index (Phi) is 4.86. The van der Waals surface area contributed by atoms with Crippen LogP contribution in [0.3, 0.4) is 0 Å². The molecule has 2 aromatic heterocycles. The summed E-state index contributed by atoms with van der Waals surface area (Å²) in [6.45, 7) is -0.126. The molecular weight excluding hydrogens is 394 g/mol. The number of aromatic nitrogens is 1. The van der Waals surface area contributed by atoms with Gasteiger partial charge in [-0.25, -0.2) is 0 Å². The Balaban J connectivity index is 1.84. The van der Waals surface area contributed by atoms with E-state index in [1.54, 1.807) is 12.3 Å². The number of fused-ring (bicyclic) bond motifs is 1. The number of primary amides is 1. The lowest BCUT2D eigenvalue weighted by Gasteiger charge is -2.11. The number of pyridine rings is 1. The van der Waals surface area contributed by atoms with Crippen molar-refractivity contribution in [2.75, 3.05) is 5.32 Å². The van der Waals surface area contributed by atoms with Gasteiger partial charge in [-0.2, -0.15) is 0 Å². The third kappa shape index (κ3) is 3.44. The van der Waals surface area contributed by atoms with Crippen LogP contribution < -0.4 is 16.6 Å². The van der Waals surface area contributed by atoms with Crippen LogP contribution in [0.1, 0.15) is 33.6 Å². The van der Waals surface area contributed by atoms with E-state index in [1.165, 1.54) is 22.0 Å².